The quantitative estimate of drug-likeness (QED) is 0.426. The van der Waals surface area contributed by atoms with E-state index in [0.29, 0.717) is 17.9 Å². The second-order valence-electron chi connectivity index (χ2n) is 8.79. The molecule has 186 valence electrons. The lowest BCUT2D eigenvalue weighted by atomic mass is 10.0. The molecule has 0 spiro atoms. The first kappa shape index (κ1) is 23.9. The molecule has 4 amide bonds. The van der Waals surface area contributed by atoms with Crippen LogP contribution in [-0.4, -0.2) is 42.7 Å². The molecule has 0 radical (unpaired) electrons. The number of imide groups is 1. The third-order valence-corrected chi connectivity index (χ3v) is 6.31. The van der Waals surface area contributed by atoms with E-state index in [0.717, 1.165) is 29.0 Å². The highest BCUT2D eigenvalue weighted by Gasteiger charge is 2.37. The van der Waals surface area contributed by atoms with Gasteiger partial charge in [0, 0.05) is 24.8 Å². The number of benzene rings is 3. The van der Waals surface area contributed by atoms with Crippen molar-refractivity contribution in [2.75, 3.05) is 28.3 Å². The summed E-state index contributed by atoms with van der Waals surface area (Å²) in [6.45, 7) is 1.48. The standard InChI is InChI=1S/C28H23N3O6/c1-17(32)29-20-9-11-21(12-10-20)31-26(34)22-13-8-19(15-23(22)27(31)35)28(36)37-16-25(33)30-14-4-6-18-5-2-3-7-24(18)30/h2-3,5,7-13,15H,4,6,14,16H2,1H3,(H,29,32). The van der Waals surface area contributed by atoms with Gasteiger partial charge in [-0.2, -0.15) is 0 Å². The third-order valence-electron chi connectivity index (χ3n) is 6.31. The van der Waals surface area contributed by atoms with Crippen molar-refractivity contribution >= 4 is 46.7 Å². The second-order valence-corrected chi connectivity index (χ2v) is 8.79. The average molecular weight is 498 g/mol. The summed E-state index contributed by atoms with van der Waals surface area (Å²) in [4.78, 5) is 65.3. The normalized spacial score (nSPS) is 14.2. The number of nitrogens with one attached hydrogen (secondary N) is 1. The molecule has 0 atom stereocenters. The summed E-state index contributed by atoms with van der Waals surface area (Å²) in [5.74, 6) is -2.44. The van der Waals surface area contributed by atoms with Crippen molar-refractivity contribution in [2.45, 2.75) is 19.8 Å². The first-order valence-corrected chi connectivity index (χ1v) is 11.8. The Morgan fingerprint density at radius 3 is 2.41 bits per heavy atom. The fraction of sp³-hybridized carbons (Fsp3) is 0.179. The van der Waals surface area contributed by atoms with Crippen LogP contribution in [0, 0.1) is 0 Å². The molecule has 1 N–H and O–H groups in total. The number of aryl methyl sites for hydroxylation is 1. The predicted molar refractivity (Wildman–Crippen MR) is 136 cm³/mol. The van der Waals surface area contributed by atoms with Crippen molar-refractivity contribution in [3.8, 4) is 0 Å². The van der Waals surface area contributed by atoms with Gasteiger partial charge in [0.15, 0.2) is 6.61 Å². The summed E-state index contributed by atoms with van der Waals surface area (Å²) in [6, 6.07) is 18.0. The number of anilines is 3. The molecule has 3 aromatic carbocycles. The van der Waals surface area contributed by atoms with Crippen LogP contribution in [0.1, 0.15) is 50.0 Å². The lowest BCUT2D eigenvalue weighted by Crippen LogP contribution is -2.38. The van der Waals surface area contributed by atoms with Crippen molar-refractivity contribution in [1.29, 1.82) is 0 Å². The van der Waals surface area contributed by atoms with Gasteiger partial charge in [-0.25, -0.2) is 9.69 Å². The summed E-state index contributed by atoms with van der Waals surface area (Å²) in [7, 11) is 0. The molecule has 0 aromatic heterocycles. The van der Waals surface area contributed by atoms with E-state index in [4.69, 9.17) is 4.74 Å². The number of para-hydroxylation sites is 1. The molecule has 9 heteroatoms. The summed E-state index contributed by atoms with van der Waals surface area (Å²) < 4.78 is 5.26. The minimum Gasteiger partial charge on any atom is -0.452 e. The van der Waals surface area contributed by atoms with E-state index in [9.17, 15) is 24.0 Å². The summed E-state index contributed by atoms with van der Waals surface area (Å²) >= 11 is 0. The lowest BCUT2D eigenvalue weighted by Gasteiger charge is -2.29. The van der Waals surface area contributed by atoms with Crippen LogP contribution in [0.2, 0.25) is 0 Å². The molecule has 2 aliphatic rings. The van der Waals surface area contributed by atoms with Gasteiger partial charge in [0.25, 0.3) is 17.7 Å². The number of rotatable bonds is 5. The molecule has 5 rings (SSSR count). The van der Waals surface area contributed by atoms with E-state index in [1.165, 1.54) is 25.1 Å². The third kappa shape index (κ3) is 4.58. The molecule has 2 heterocycles. The van der Waals surface area contributed by atoms with Crippen LogP contribution >= 0.6 is 0 Å². The van der Waals surface area contributed by atoms with Crippen molar-refractivity contribution in [2.24, 2.45) is 0 Å². The molecule has 2 aliphatic heterocycles. The number of carbonyl (C=O) groups is 5. The number of nitrogens with zero attached hydrogens (tertiary/aromatic N) is 2. The average Bonchev–Trinajstić information content (AvgIpc) is 3.16. The summed E-state index contributed by atoms with van der Waals surface area (Å²) in [6.07, 6.45) is 1.71. The van der Waals surface area contributed by atoms with Crippen LogP contribution in [0.3, 0.4) is 0 Å². The van der Waals surface area contributed by atoms with Crippen molar-refractivity contribution in [3.63, 3.8) is 0 Å². The topological polar surface area (TPSA) is 113 Å². The van der Waals surface area contributed by atoms with E-state index < -0.39 is 24.4 Å². The predicted octanol–water partition coefficient (Wildman–Crippen LogP) is 3.58. The largest absolute Gasteiger partial charge is 0.452 e. The van der Waals surface area contributed by atoms with Crippen LogP contribution in [0.25, 0.3) is 0 Å². The fourth-order valence-corrected chi connectivity index (χ4v) is 4.58. The molecule has 0 fully saturated rings. The molecule has 0 saturated carbocycles. The number of esters is 1. The Bertz CT molecular complexity index is 1450. The zero-order valence-electron chi connectivity index (χ0n) is 20.0. The second kappa shape index (κ2) is 9.69. The van der Waals surface area contributed by atoms with Gasteiger partial charge in [-0.05, 0) is 66.9 Å². The van der Waals surface area contributed by atoms with Gasteiger partial charge in [0.05, 0.1) is 22.4 Å². The van der Waals surface area contributed by atoms with Gasteiger partial charge in [-0.15, -0.1) is 0 Å². The van der Waals surface area contributed by atoms with E-state index >= 15 is 0 Å². The van der Waals surface area contributed by atoms with Crippen LogP contribution in [0.5, 0.6) is 0 Å². The first-order chi connectivity index (χ1) is 17.8. The van der Waals surface area contributed by atoms with E-state index in [1.54, 1.807) is 29.2 Å². The van der Waals surface area contributed by atoms with Gasteiger partial charge in [0.1, 0.15) is 0 Å². The number of amides is 4. The van der Waals surface area contributed by atoms with E-state index in [-0.39, 0.29) is 28.5 Å². The number of carbonyl (C=O) groups excluding carboxylic acids is 5. The highest BCUT2D eigenvalue weighted by Crippen LogP contribution is 2.30. The van der Waals surface area contributed by atoms with Crippen LogP contribution < -0.4 is 15.1 Å². The monoisotopic (exact) mass is 497 g/mol. The van der Waals surface area contributed by atoms with Crippen molar-refractivity contribution in [3.05, 3.63) is 89.0 Å². The van der Waals surface area contributed by atoms with Gasteiger partial charge >= 0.3 is 5.97 Å². The van der Waals surface area contributed by atoms with E-state index in [2.05, 4.69) is 5.32 Å². The Balaban J connectivity index is 1.28. The highest BCUT2D eigenvalue weighted by atomic mass is 16.5. The fourth-order valence-electron chi connectivity index (χ4n) is 4.58. The van der Waals surface area contributed by atoms with Crippen LogP contribution in [-0.2, 0) is 20.7 Å². The Labute approximate surface area is 212 Å². The number of hydrogen-bond acceptors (Lipinski definition) is 6. The molecule has 3 aromatic rings. The summed E-state index contributed by atoms with van der Waals surface area (Å²) in [5, 5.41) is 2.62. The zero-order valence-corrected chi connectivity index (χ0v) is 20.0. The maximum Gasteiger partial charge on any atom is 0.338 e. The SMILES string of the molecule is CC(=O)Nc1ccc(N2C(=O)c3ccc(C(=O)OCC(=O)N4CCCc5ccccc54)cc3C2=O)cc1. The Hall–Kier alpha value is -4.79. The van der Waals surface area contributed by atoms with Crippen LogP contribution in [0.15, 0.2) is 66.7 Å². The first-order valence-electron chi connectivity index (χ1n) is 11.8. The Morgan fingerprint density at radius 1 is 0.919 bits per heavy atom. The molecule has 37 heavy (non-hydrogen) atoms. The molecule has 9 nitrogen and oxygen atoms in total. The van der Waals surface area contributed by atoms with Gasteiger partial charge < -0.3 is 15.0 Å². The molecule has 0 bridgehead atoms. The number of fused-ring (bicyclic) bond motifs is 2. The van der Waals surface area contributed by atoms with Gasteiger partial charge in [0.2, 0.25) is 5.91 Å². The van der Waals surface area contributed by atoms with E-state index in [1.807, 2.05) is 24.3 Å². The Kier molecular flexibility index (Phi) is 6.27. The Morgan fingerprint density at radius 2 is 1.65 bits per heavy atom. The maximum absolute atomic E-state index is 13.1. The minimum atomic E-state index is -0.764. The van der Waals surface area contributed by atoms with Crippen LogP contribution in [0.4, 0.5) is 17.1 Å². The van der Waals surface area contributed by atoms with Gasteiger partial charge in [-0.1, -0.05) is 18.2 Å². The zero-order chi connectivity index (χ0) is 26.1. The molecular weight excluding hydrogens is 474 g/mol. The maximum atomic E-state index is 13.1. The minimum absolute atomic E-state index is 0.0644. The number of ether oxygens (including phenoxy) is 1. The molecule has 0 aliphatic carbocycles. The molecule has 0 unspecified atom stereocenters. The smallest absolute Gasteiger partial charge is 0.338 e. The molecular formula is C28H23N3O6. The highest BCUT2D eigenvalue weighted by molar-refractivity contribution is 6.34. The molecule has 0 saturated heterocycles. The van der Waals surface area contributed by atoms with Crippen molar-refractivity contribution < 1.29 is 28.7 Å². The number of hydrogen-bond donors (Lipinski definition) is 1. The lowest BCUT2D eigenvalue weighted by molar-refractivity contribution is -0.121. The van der Waals surface area contributed by atoms with Gasteiger partial charge in [-0.3, -0.25) is 19.2 Å². The summed E-state index contributed by atoms with van der Waals surface area (Å²) in [5.41, 5.74) is 3.05. The van der Waals surface area contributed by atoms with Crippen molar-refractivity contribution in [1.82, 2.24) is 0 Å².